The number of fused-ring (bicyclic) bond motifs is 1. The SMILES string of the molecule is CCn1nnc2cc(C(=O)N(C)Cc3cn[nH]c3)ccc21. The molecule has 3 rings (SSSR count). The Morgan fingerprint density at radius 1 is 1.43 bits per heavy atom. The first-order valence-electron chi connectivity index (χ1n) is 6.75. The van der Waals surface area contributed by atoms with Gasteiger partial charge >= 0.3 is 0 Å². The van der Waals surface area contributed by atoms with E-state index in [-0.39, 0.29) is 5.91 Å². The van der Waals surface area contributed by atoms with Crippen LogP contribution in [0.5, 0.6) is 0 Å². The van der Waals surface area contributed by atoms with Gasteiger partial charge in [-0.1, -0.05) is 5.21 Å². The van der Waals surface area contributed by atoms with Gasteiger partial charge in [-0.25, -0.2) is 4.68 Å². The molecule has 0 aliphatic heterocycles. The van der Waals surface area contributed by atoms with Crippen LogP contribution < -0.4 is 0 Å². The van der Waals surface area contributed by atoms with Crippen LogP contribution in [0.2, 0.25) is 0 Å². The number of benzene rings is 1. The van der Waals surface area contributed by atoms with Crippen LogP contribution in [-0.2, 0) is 13.1 Å². The first-order valence-corrected chi connectivity index (χ1v) is 6.75. The smallest absolute Gasteiger partial charge is 0.253 e. The van der Waals surface area contributed by atoms with Crippen LogP contribution in [0.3, 0.4) is 0 Å². The zero-order chi connectivity index (χ0) is 14.8. The lowest BCUT2D eigenvalue weighted by atomic mass is 10.1. The van der Waals surface area contributed by atoms with E-state index in [2.05, 4.69) is 20.5 Å². The number of H-pyrrole nitrogens is 1. The third-order valence-electron chi connectivity index (χ3n) is 3.38. The molecule has 0 saturated heterocycles. The van der Waals surface area contributed by atoms with Crippen LogP contribution in [-0.4, -0.2) is 43.0 Å². The topological polar surface area (TPSA) is 79.7 Å². The monoisotopic (exact) mass is 284 g/mol. The molecular weight excluding hydrogens is 268 g/mol. The predicted molar refractivity (Wildman–Crippen MR) is 77.6 cm³/mol. The number of aryl methyl sites for hydroxylation is 1. The van der Waals surface area contributed by atoms with Crippen molar-refractivity contribution < 1.29 is 4.79 Å². The Morgan fingerprint density at radius 3 is 3.00 bits per heavy atom. The van der Waals surface area contributed by atoms with Gasteiger partial charge in [-0.05, 0) is 25.1 Å². The predicted octanol–water partition coefficient (Wildman–Crippen LogP) is 1.45. The van der Waals surface area contributed by atoms with Crippen molar-refractivity contribution in [2.75, 3.05) is 7.05 Å². The van der Waals surface area contributed by atoms with Gasteiger partial charge in [0.25, 0.3) is 5.91 Å². The number of nitrogens with zero attached hydrogens (tertiary/aromatic N) is 5. The molecule has 21 heavy (non-hydrogen) atoms. The summed E-state index contributed by atoms with van der Waals surface area (Å²) in [4.78, 5) is 14.1. The van der Waals surface area contributed by atoms with Crippen LogP contribution >= 0.6 is 0 Å². The Labute approximate surface area is 121 Å². The second-order valence-corrected chi connectivity index (χ2v) is 4.88. The van der Waals surface area contributed by atoms with Crippen molar-refractivity contribution in [3.05, 3.63) is 41.7 Å². The van der Waals surface area contributed by atoms with Gasteiger partial charge in [0, 0.05) is 37.5 Å². The summed E-state index contributed by atoms with van der Waals surface area (Å²) in [6.07, 6.45) is 3.49. The second kappa shape index (κ2) is 5.35. The fraction of sp³-hybridized carbons (Fsp3) is 0.286. The van der Waals surface area contributed by atoms with E-state index < -0.39 is 0 Å². The van der Waals surface area contributed by atoms with E-state index in [4.69, 9.17) is 0 Å². The number of hydrogen-bond acceptors (Lipinski definition) is 4. The molecule has 1 amide bonds. The summed E-state index contributed by atoms with van der Waals surface area (Å²) < 4.78 is 1.80. The number of hydrogen-bond donors (Lipinski definition) is 1. The average molecular weight is 284 g/mol. The highest BCUT2D eigenvalue weighted by atomic mass is 16.2. The Kier molecular flexibility index (Phi) is 3.39. The zero-order valence-corrected chi connectivity index (χ0v) is 11.9. The first kappa shape index (κ1) is 13.3. The van der Waals surface area contributed by atoms with E-state index in [1.807, 2.05) is 19.1 Å². The Morgan fingerprint density at radius 2 is 2.29 bits per heavy atom. The van der Waals surface area contributed by atoms with Crippen LogP contribution in [0.4, 0.5) is 0 Å². The summed E-state index contributed by atoms with van der Waals surface area (Å²) in [6, 6.07) is 5.48. The molecule has 0 aliphatic carbocycles. The first-order chi connectivity index (χ1) is 10.2. The molecule has 0 spiro atoms. The highest BCUT2D eigenvalue weighted by Crippen LogP contribution is 2.15. The van der Waals surface area contributed by atoms with Gasteiger partial charge in [0.1, 0.15) is 5.52 Å². The molecule has 2 heterocycles. The summed E-state index contributed by atoms with van der Waals surface area (Å²) in [6.45, 7) is 3.27. The third-order valence-corrected chi connectivity index (χ3v) is 3.38. The number of amides is 1. The van der Waals surface area contributed by atoms with Crippen molar-refractivity contribution in [1.29, 1.82) is 0 Å². The fourth-order valence-corrected chi connectivity index (χ4v) is 2.27. The molecule has 7 heteroatoms. The van der Waals surface area contributed by atoms with Gasteiger partial charge in [0.2, 0.25) is 0 Å². The van der Waals surface area contributed by atoms with Crippen LogP contribution in [0.25, 0.3) is 11.0 Å². The number of aromatic nitrogens is 5. The van der Waals surface area contributed by atoms with Gasteiger partial charge in [-0.2, -0.15) is 5.10 Å². The van der Waals surface area contributed by atoms with Gasteiger partial charge in [-0.15, -0.1) is 5.10 Å². The van der Waals surface area contributed by atoms with Gasteiger partial charge < -0.3 is 4.90 Å². The van der Waals surface area contributed by atoms with Gasteiger partial charge in [0.15, 0.2) is 0 Å². The minimum Gasteiger partial charge on any atom is -0.337 e. The molecule has 0 radical (unpaired) electrons. The number of rotatable bonds is 4. The Balaban J connectivity index is 1.84. The van der Waals surface area contributed by atoms with Crippen molar-refractivity contribution in [2.24, 2.45) is 0 Å². The van der Waals surface area contributed by atoms with Crippen LogP contribution in [0.15, 0.2) is 30.6 Å². The van der Waals surface area contributed by atoms with Gasteiger partial charge in [0.05, 0.1) is 11.7 Å². The van der Waals surface area contributed by atoms with Crippen molar-refractivity contribution >= 4 is 16.9 Å². The van der Waals surface area contributed by atoms with Gasteiger partial charge in [-0.3, -0.25) is 9.89 Å². The molecule has 0 bridgehead atoms. The lowest BCUT2D eigenvalue weighted by molar-refractivity contribution is 0.0785. The summed E-state index contributed by atoms with van der Waals surface area (Å²) in [7, 11) is 1.77. The Hall–Kier alpha value is -2.70. The van der Waals surface area contributed by atoms with Crippen molar-refractivity contribution in [3.8, 4) is 0 Å². The minimum atomic E-state index is -0.0517. The molecule has 0 unspecified atom stereocenters. The number of carbonyl (C=O) groups excluding carboxylic acids is 1. The van der Waals surface area contributed by atoms with E-state index >= 15 is 0 Å². The molecule has 0 atom stereocenters. The second-order valence-electron chi connectivity index (χ2n) is 4.88. The average Bonchev–Trinajstić information content (AvgIpc) is 3.14. The fourth-order valence-electron chi connectivity index (χ4n) is 2.27. The third kappa shape index (κ3) is 2.49. The maximum absolute atomic E-state index is 12.4. The van der Waals surface area contributed by atoms with E-state index in [0.29, 0.717) is 12.1 Å². The quantitative estimate of drug-likeness (QED) is 0.786. The van der Waals surface area contributed by atoms with E-state index in [1.165, 1.54) is 0 Å². The van der Waals surface area contributed by atoms with Crippen molar-refractivity contribution in [3.63, 3.8) is 0 Å². The summed E-state index contributed by atoms with van der Waals surface area (Å²) >= 11 is 0. The standard InChI is InChI=1S/C14H16N6O/c1-3-20-13-5-4-11(6-12(13)17-18-20)14(21)19(2)9-10-7-15-16-8-10/h4-8H,3,9H2,1-2H3,(H,15,16). The minimum absolute atomic E-state index is 0.0517. The maximum atomic E-state index is 12.4. The molecule has 0 fully saturated rings. The molecule has 2 aromatic heterocycles. The number of carbonyl (C=O) groups is 1. The normalized spacial score (nSPS) is 11.0. The van der Waals surface area contributed by atoms with E-state index in [1.54, 1.807) is 35.1 Å². The number of nitrogens with one attached hydrogen (secondary N) is 1. The largest absolute Gasteiger partial charge is 0.337 e. The molecule has 0 saturated carbocycles. The Bertz CT molecular complexity index is 761. The molecular formula is C14H16N6O. The zero-order valence-electron chi connectivity index (χ0n) is 11.9. The lowest BCUT2D eigenvalue weighted by Gasteiger charge is -2.16. The molecule has 108 valence electrons. The van der Waals surface area contributed by atoms with E-state index in [9.17, 15) is 4.79 Å². The van der Waals surface area contributed by atoms with Crippen LogP contribution in [0, 0.1) is 0 Å². The molecule has 3 aromatic rings. The summed E-state index contributed by atoms with van der Waals surface area (Å²) in [5.41, 5.74) is 3.24. The summed E-state index contributed by atoms with van der Waals surface area (Å²) in [5, 5.41) is 14.8. The van der Waals surface area contributed by atoms with E-state index in [0.717, 1.165) is 23.1 Å². The van der Waals surface area contributed by atoms with Crippen molar-refractivity contribution in [1.82, 2.24) is 30.1 Å². The summed E-state index contributed by atoms with van der Waals surface area (Å²) in [5.74, 6) is -0.0517. The molecule has 1 aromatic carbocycles. The van der Waals surface area contributed by atoms with Crippen LogP contribution in [0.1, 0.15) is 22.8 Å². The molecule has 7 nitrogen and oxygen atoms in total. The lowest BCUT2D eigenvalue weighted by Crippen LogP contribution is -2.25. The highest BCUT2D eigenvalue weighted by molar-refractivity contribution is 5.97. The van der Waals surface area contributed by atoms with Crippen molar-refractivity contribution in [2.45, 2.75) is 20.0 Å². The maximum Gasteiger partial charge on any atom is 0.253 e. The number of aromatic amines is 1. The highest BCUT2D eigenvalue weighted by Gasteiger charge is 2.14. The molecule has 0 aliphatic rings. The molecule has 1 N–H and O–H groups in total.